The molecule has 27 heavy (non-hydrogen) atoms. The molecule has 0 aromatic heterocycles. The van der Waals surface area contributed by atoms with Crippen molar-refractivity contribution < 1.29 is 23.5 Å². The lowest BCUT2D eigenvalue weighted by Crippen LogP contribution is -2.29. The molecule has 2 rings (SSSR count). The number of halogens is 1. The molecular formula is C21H24FNO4. The molecule has 0 saturated heterocycles. The number of ether oxygens (including phenoxy) is 2. The predicted molar refractivity (Wildman–Crippen MR) is 99.8 cm³/mol. The highest BCUT2D eigenvalue weighted by Crippen LogP contribution is 2.24. The maximum Gasteiger partial charge on any atom is 0.344 e. The Kier molecular flexibility index (Phi) is 6.93. The fourth-order valence-corrected chi connectivity index (χ4v) is 2.24. The van der Waals surface area contributed by atoms with E-state index in [0.717, 1.165) is 11.1 Å². The van der Waals surface area contributed by atoms with E-state index in [-0.39, 0.29) is 24.4 Å². The van der Waals surface area contributed by atoms with Gasteiger partial charge in [0.1, 0.15) is 11.6 Å². The summed E-state index contributed by atoms with van der Waals surface area (Å²) in [6.07, 6.45) is 0. The molecule has 0 aliphatic rings. The molecule has 1 amide bonds. The van der Waals surface area contributed by atoms with Crippen LogP contribution in [0.4, 0.5) is 4.39 Å². The first-order valence-corrected chi connectivity index (χ1v) is 8.64. The number of nitrogens with one attached hydrogen (secondary N) is 1. The van der Waals surface area contributed by atoms with Crippen LogP contribution in [0.5, 0.6) is 5.75 Å². The van der Waals surface area contributed by atoms with Crippen molar-refractivity contribution >= 4 is 11.9 Å². The van der Waals surface area contributed by atoms with Gasteiger partial charge in [-0.1, -0.05) is 45.0 Å². The molecule has 2 aromatic rings. The van der Waals surface area contributed by atoms with Gasteiger partial charge in [-0.3, -0.25) is 4.79 Å². The highest BCUT2D eigenvalue weighted by molar-refractivity contribution is 5.80. The van der Waals surface area contributed by atoms with E-state index < -0.39 is 18.5 Å². The Morgan fingerprint density at radius 2 is 1.59 bits per heavy atom. The fraction of sp³-hybridized carbons (Fsp3) is 0.333. The molecule has 0 atom stereocenters. The first kappa shape index (κ1) is 20.4. The van der Waals surface area contributed by atoms with Crippen LogP contribution in [0.25, 0.3) is 0 Å². The summed E-state index contributed by atoms with van der Waals surface area (Å²) in [7, 11) is 0. The van der Waals surface area contributed by atoms with Crippen molar-refractivity contribution in [2.45, 2.75) is 32.7 Å². The highest BCUT2D eigenvalue weighted by Gasteiger charge is 2.13. The van der Waals surface area contributed by atoms with Gasteiger partial charge < -0.3 is 14.8 Å². The summed E-state index contributed by atoms with van der Waals surface area (Å²) < 4.78 is 23.0. The summed E-state index contributed by atoms with van der Waals surface area (Å²) in [6.45, 7) is 5.89. The number of amides is 1. The Morgan fingerprint density at radius 3 is 2.19 bits per heavy atom. The van der Waals surface area contributed by atoms with Gasteiger partial charge in [0.2, 0.25) is 0 Å². The van der Waals surface area contributed by atoms with Crippen molar-refractivity contribution in [3.8, 4) is 5.75 Å². The average Bonchev–Trinajstić information content (AvgIpc) is 2.64. The number of esters is 1. The second-order valence-electron chi connectivity index (χ2n) is 7.13. The van der Waals surface area contributed by atoms with Crippen LogP contribution < -0.4 is 10.1 Å². The van der Waals surface area contributed by atoms with Crippen LogP contribution in [-0.4, -0.2) is 25.1 Å². The van der Waals surface area contributed by atoms with E-state index >= 15 is 0 Å². The molecule has 0 radical (unpaired) electrons. The Balaban J connectivity index is 1.68. The van der Waals surface area contributed by atoms with Crippen LogP contribution in [0, 0.1) is 5.82 Å². The third kappa shape index (κ3) is 7.09. The van der Waals surface area contributed by atoms with Gasteiger partial charge in [-0.2, -0.15) is 0 Å². The molecule has 0 bridgehead atoms. The summed E-state index contributed by atoms with van der Waals surface area (Å²) >= 11 is 0. The lowest BCUT2D eigenvalue weighted by Gasteiger charge is -2.19. The van der Waals surface area contributed by atoms with Gasteiger partial charge in [-0.05, 0) is 40.8 Å². The molecule has 1 N–H and O–H groups in total. The molecule has 6 heteroatoms. The van der Waals surface area contributed by atoms with Crippen LogP contribution in [0.2, 0.25) is 0 Å². The van der Waals surface area contributed by atoms with E-state index in [1.165, 1.54) is 12.1 Å². The van der Waals surface area contributed by atoms with Gasteiger partial charge in [0.05, 0.1) is 0 Å². The third-order valence-electron chi connectivity index (χ3n) is 3.84. The van der Waals surface area contributed by atoms with E-state index in [2.05, 4.69) is 26.1 Å². The molecule has 0 saturated carbocycles. The number of hydrogen-bond acceptors (Lipinski definition) is 4. The maximum absolute atomic E-state index is 12.8. The first-order chi connectivity index (χ1) is 12.7. The predicted octanol–water partition coefficient (Wildman–Crippen LogP) is 3.36. The van der Waals surface area contributed by atoms with Crippen molar-refractivity contribution in [1.29, 1.82) is 0 Å². The zero-order chi connectivity index (χ0) is 19.9. The van der Waals surface area contributed by atoms with E-state index in [1.54, 1.807) is 24.3 Å². The van der Waals surface area contributed by atoms with Crippen LogP contribution in [0.1, 0.15) is 31.9 Å². The average molecular weight is 373 g/mol. The molecule has 0 fully saturated rings. The second-order valence-corrected chi connectivity index (χ2v) is 7.13. The van der Waals surface area contributed by atoms with E-state index in [9.17, 15) is 14.0 Å². The number of rotatable bonds is 7. The summed E-state index contributed by atoms with van der Waals surface area (Å²) in [5.41, 5.74) is 1.95. The van der Waals surface area contributed by atoms with Gasteiger partial charge in [-0.15, -0.1) is 0 Å². The standard InChI is InChI=1S/C21H24FNO4/c1-21(2,3)16-6-10-18(11-7-16)26-14-20(25)27-13-19(24)23-12-15-4-8-17(22)9-5-15/h4-11H,12-14H2,1-3H3,(H,23,24). The van der Waals surface area contributed by atoms with Gasteiger partial charge in [0.25, 0.3) is 5.91 Å². The minimum Gasteiger partial charge on any atom is -0.482 e. The maximum atomic E-state index is 12.8. The smallest absolute Gasteiger partial charge is 0.344 e. The fourth-order valence-electron chi connectivity index (χ4n) is 2.24. The molecule has 5 nitrogen and oxygen atoms in total. The van der Waals surface area contributed by atoms with Crippen molar-refractivity contribution in [3.63, 3.8) is 0 Å². The molecule has 0 heterocycles. The van der Waals surface area contributed by atoms with Gasteiger partial charge >= 0.3 is 5.97 Å². The van der Waals surface area contributed by atoms with E-state index in [0.29, 0.717) is 5.75 Å². The van der Waals surface area contributed by atoms with Crippen LogP contribution >= 0.6 is 0 Å². The van der Waals surface area contributed by atoms with Crippen molar-refractivity contribution in [3.05, 3.63) is 65.5 Å². The third-order valence-corrected chi connectivity index (χ3v) is 3.84. The summed E-state index contributed by atoms with van der Waals surface area (Å²) in [5, 5.41) is 2.59. The Labute approximate surface area is 158 Å². The Hall–Kier alpha value is -2.89. The van der Waals surface area contributed by atoms with Crippen molar-refractivity contribution in [2.75, 3.05) is 13.2 Å². The first-order valence-electron chi connectivity index (χ1n) is 8.64. The van der Waals surface area contributed by atoms with Crippen LogP contribution in [-0.2, 0) is 26.3 Å². The molecule has 2 aromatic carbocycles. The lowest BCUT2D eigenvalue weighted by molar-refractivity contribution is -0.150. The van der Waals surface area contributed by atoms with Crippen LogP contribution in [0.3, 0.4) is 0 Å². The van der Waals surface area contributed by atoms with E-state index in [4.69, 9.17) is 9.47 Å². The molecule has 0 spiro atoms. The minimum atomic E-state index is -0.633. The number of carbonyl (C=O) groups excluding carboxylic acids is 2. The summed E-state index contributed by atoms with van der Waals surface area (Å²) in [5.74, 6) is -0.859. The highest BCUT2D eigenvalue weighted by atomic mass is 19.1. The van der Waals surface area contributed by atoms with Gasteiger partial charge in [-0.25, -0.2) is 9.18 Å². The van der Waals surface area contributed by atoms with Gasteiger partial charge in [0.15, 0.2) is 13.2 Å². The monoisotopic (exact) mass is 373 g/mol. The molecule has 144 valence electrons. The van der Waals surface area contributed by atoms with Crippen molar-refractivity contribution in [2.24, 2.45) is 0 Å². The normalized spacial score (nSPS) is 11.0. The molecule has 0 aliphatic heterocycles. The van der Waals surface area contributed by atoms with Crippen LogP contribution in [0.15, 0.2) is 48.5 Å². The molecule has 0 aliphatic carbocycles. The van der Waals surface area contributed by atoms with E-state index in [1.807, 2.05) is 12.1 Å². The Morgan fingerprint density at radius 1 is 0.963 bits per heavy atom. The Bertz CT molecular complexity index is 764. The number of benzene rings is 2. The quantitative estimate of drug-likeness (QED) is 0.756. The summed E-state index contributed by atoms with van der Waals surface area (Å²) in [4.78, 5) is 23.4. The molecular weight excluding hydrogens is 349 g/mol. The molecule has 0 unspecified atom stereocenters. The second kappa shape index (κ2) is 9.16. The van der Waals surface area contributed by atoms with Crippen molar-refractivity contribution in [1.82, 2.24) is 5.32 Å². The minimum absolute atomic E-state index is 0.0404. The zero-order valence-corrected chi connectivity index (χ0v) is 15.8. The van der Waals surface area contributed by atoms with Gasteiger partial charge in [0, 0.05) is 6.54 Å². The summed E-state index contributed by atoms with van der Waals surface area (Å²) in [6, 6.07) is 13.3. The zero-order valence-electron chi connectivity index (χ0n) is 15.8. The lowest BCUT2D eigenvalue weighted by atomic mass is 9.87. The number of carbonyl (C=O) groups is 2. The SMILES string of the molecule is CC(C)(C)c1ccc(OCC(=O)OCC(=O)NCc2ccc(F)cc2)cc1. The number of hydrogen-bond donors (Lipinski definition) is 1. The topological polar surface area (TPSA) is 64.6 Å². The largest absolute Gasteiger partial charge is 0.482 e.